The molecule has 3 aromatic rings. The number of carbonyl (C=O) groups excluding carboxylic acids is 4. The Kier molecular flexibility index (Phi) is 7.64. The monoisotopic (exact) mass is 584 g/mol. The van der Waals surface area contributed by atoms with Gasteiger partial charge in [0.1, 0.15) is 12.2 Å². The van der Waals surface area contributed by atoms with Gasteiger partial charge in [-0.25, -0.2) is 0 Å². The first-order valence-electron chi connectivity index (χ1n) is 15.6. The fraction of sp³-hybridized carbons (Fsp3) is 0.545. The van der Waals surface area contributed by atoms with Crippen LogP contribution in [0, 0.1) is 18.3 Å². The minimum Gasteiger partial charge on any atom is -0.355 e. The molecular formula is C33H40N6O4. The number of nitrogens with zero attached hydrogens (tertiary/aromatic N) is 5. The Morgan fingerprint density at radius 2 is 1.91 bits per heavy atom. The zero-order chi connectivity index (χ0) is 30.5. The molecule has 3 aliphatic rings. The summed E-state index contributed by atoms with van der Waals surface area (Å²) in [5, 5.41) is 8.55. The van der Waals surface area contributed by atoms with E-state index in [0.29, 0.717) is 42.6 Å². The molecule has 0 unspecified atom stereocenters. The number of hydrogen-bond donors (Lipinski definition) is 1. The minimum absolute atomic E-state index is 0.0355. The molecule has 0 spiro atoms. The first-order chi connectivity index (χ1) is 20.6. The Labute approximate surface area is 251 Å². The third kappa shape index (κ3) is 5.36. The van der Waals surface area contributed by atoms with E-state index < -0.39 is 6.04 Å². The highest BCUT2D eigenvalue weighted by Crippen LogP contribution is 2.59. The fourth-order valence-corrected chi connectivity index (χ4v) is 7.13. The van der Waals surface area contributed by atoms with E-state index in [2.05, 4.69) is 21.4 Å². The summed E-state index contributed by atoms with van der Waals surface area (Å²) in [5.74, 6) is -0.390. The van der Waals surface area contributed by atoms with Crippen molar-refractivity contribution in [1.82, 2.24) is 30.0 Å². The lowest BCUT2D eigenvalue weighted by Crippen LogP contribution is -2.44. The Morgan fingerprint density at radius 3 is 2.63 bits per heavy atom. The average molecular weight is 585 g/mol. The van der Waals surface area contributed by atoms with Crippen LogP contribution in [0.4, 0.5) is 0 Å². The molecule has 1 saturated carbocycles. The Balaban J connectivity index is 1.45. The number of carbonyl (C=O) groups is 4. The first kappa shape index (κ1) is 29.1. The predicted octanol–water partition coefficient (Wildman–Crippen LogP) is 4.21. The highest BCUT2D eigenvalue weighted by atomic mass is 16.2. The molecule has 2 fully saturated rings. The van der Waals surface area contributed by atoms with Crippen LogP contribution in [0.2, 0.25) is 0 Å². The van der Waals surface area contributed by atoms with Crippen molar-refractivity contribution < 1.29 is 19.2 Å². The molecule has 2 bridgehead atoms. The average Bonchev–Trinajstić information content (AvgIpc) is 3.40. The van der Waals surface area contributed by atoms with Gasteiger partial charge in [0, 0.05) is 54.4 Å². The van der Waals surface area contributed by atoms with Crippen molar-refractivity contribution in [3.8, 4) is 11.3 Å². The van der Waals surface area contributed by atoms with Crippen molar-refractivity contribution in [2.75, 3.05) is 6.54 Å². The van der Waals surface area contributed by atoms with Gasteiger partial charge < -0.3 is 10.2 Å². The summed E-state index contributed by atoms with van der Waals surface area (Å²) in [6.07, 6.45) is 9.39. The highest BCUT2D eigenvalue weighted by Gasteiger charge is 2.66. The van der Waals surface area contributed by atoms with Crippen molar-refractivity contribution in [2.45, 2.75) is 97.7 Å². The van der Waals surface area contributed by atoms with Crippen molar-refractivity contribution in [2.24, 2.45) is 11.3 Å². The zero-order valence-electron chi connectivity index (χ0n) is 25.5. The van der Waals surface area contributed by atoms with Gasteiger partial charge in [-0.05, 0) is 56.7 Å². The second kappa shape index (κ2) is 11.3. The van der Waals surface area contributed by atoms with E-state index in [0.717, 1.165) is 54.4 Å². The molecule has 10 heteroatoms. The lowest BCUT2D eigenvalue weighted by atomic mass is 9.95. The van der Waals surface area contributed by atoms with Gasteiger partial charge in [-0.15, -0.1) is 0 Å². The number of nitrogens with one attached hydrogen (secondary N) is 1. The Hall–Kier alpha value is -3.95. The summed E-state index contributed by atoms with van der Waals surface area (Å²) in [5.41, 5.74) is 4.18. The van der Waals surface area contributed by atoms with Crippen LogP contribution in [0.1, 0.15) is 87.5 Å². The number of piperidine rings is 1. The number of aromatic nitrogens is 4. The van der Waals surface area contributed by atoms with Gasteiger partial charge in [0.05, 0.1) is 29.1 Å². The third-order valence-corrected chi connectivity index (χ3v) is 9.69. The van der Waals surface area contributed by atoms with E-state index in [-0.39, 0.29) is 47.3 Å². The molecule has 1 aliphatic carbocycles. The molecule has 6 rings (SSSR count). The number of Topliss-reactive ketones (excluding diaryl/α,β-unsaturated/α-hetero) is 2. The number of amides is 2. The van der Waals surface area contributed by atoms with Gasteiger partial charge in [-0.1, -0.05) is 26.7 Å². The number of hydrogen-bond acceptors (Lipinski definition) is 7. The molecule has 4 heterocycles. The van der Waals surface area contributed by atoms with Crippen molar-refractivity contribution in [3.05, 3.63) is 41.5 Å². The van der Waals surface area contributed by atoms with E-state index >= 15 is 0 Å². The smallest absolute Gasteiger partial charge is 0.245 e. The lowest BCUT2D eigenvalue weighted by Gasteiger charge is -2.26. The molecule has 226 valence electrons. The largest absolute Gasteiger partial charge is 0.355 e. The van der Waals surface area contributed by atoms with E-state index in [9.17, 15) is 19.2 Å². The van der Waals surface area contributed by atoms with Gasteiger partial charge in [0.2, 0.25) is 11.8 Å². The molecule has 1 aromatic carbocycles. The van der Waals surface area contributed by atoms with Crippen molar-refractivity contribution >= 4 is 34.3 Å². The highest BCUT2D eigenvalue weighted by molar-refractivity contribution is 6.07. The molecule has 4 atom stereocenters. The number of ketones is 2. The summed E-state index contributed by atoms with van der Waals surface area (Å²) in [6, 6.07) is 3.40. The SMILES string of the molecule is CCC(=O)[C@@H]1C[C@]23CNC(=O)[C@H](C)CCCCCc4cc(-c5cnc(C)cn5)cc5c(C(C)=O)nn(c45)CC(=O)N1[C@@H]2C3. The maximum absolute atomic E-state index is 14.1. The van der Waals surface area contributed by atoms with Gasteiger partial charge in [0.25, 0.3) is 0 Å². The third-order valence-electron chi connectivity index (χ3n) is 9.69. The van der Waals surface area contributed by atoms with E-state index in [1.807, 2.05) is 26.8 Å². The van der Waals surface area contributed by atoms with Crippen LogP contribution in [0.5, 0.6) is 0 Å². The number of aryl methyl sites for hydroxylation is 2. The Bertz CT molecular complexity index is 1610. The van der Waals surface area contributed by atoms with Gasteiger partial charge in [-0.2, -0.15) is 5.10 Å². The zero-order valence-corrected chi connectivity index (χ0v) is 25.5. The van der Waals surface area contributed by atoms with Crippen LogP contribution in [0.3, 0.4) is 0 Å². The van der Waals surface area contributed by atoms with Crippen molar-refractivity contribution in [3.63, 3.8) is 0 Å². The predicted molar refractivity (Wildman–Crippen MR) is 161 cm³/mol. The van der Waals surface area contributed by atoms with Crippen LogP contribution >= 0.6 is 0 Å². The van der Waals surface area contributed by atoms with E-state index in [1.165, 1.54) is 6.92 Å². The normalized spacial score (nSPS) is 26.1. The van der Waals surface area contributed by atoms with Gasteiger partial charge >= 0.3 is 0 Å². The fourth-order valence-electron chi connectivity index (χ4n) is 7.13. The van der Waals surface area contributed by atoms with Crippen LogP contribution in [0.15, 0.2) is 24.5 Å². The summed E-state index contributed by atoms with van der Waals surface area (Å²) >= 11 is 0. The van der Waals surface area contributed by atoms with E-state index in [4.69, 9.17) is 5.10 Å². The lowest BCUT2D eigenvalue weighted by molar-refractivity contribution is -0.139. The molecule has 1 saturated heterocycles. The molecule has 1 N–H and O–H groups in total. The molecule has 10 nitrogen and oxygen atoms in total. The van der Waals surface area contributed by atoms with Crippen molar-refractivity contribution in [1.29, 1.82) is 0 Å². The standard InChI is InChI=1S/C33H40N6O4/c1-5-27(41)26-13-33-14-28(33)39(26)29(42)17-38-31-22(10-8-6-7-9-19(2)32(43)36-18-33)11-23(25-16-34-20(3)15-35-25)12-24(31)30(37-38)21(4)40/h11-12,15-16,19,26,28H,5-10,13-14,17-18H2,1-4H3,(H,36,43)/t19-,26+,28-,33+/m1/s1. The van der Waals surface area contributed by atoms with Gasteiger partial charge in [-0.3, -0.25) is 33.8 Å². The summed E-state index contributed by atoms with van der Waals surface area (Å²) < 4.78 is 1.67. The quantitative estimate of drug-likeness (QED) is 0.455. The maximum Gasteiger partial charge on any atom is 0.245 e. The molecule has 43 heavy (non-hydrogen) atoms. The van der Waals surface area contributed by atoms with Crippen LogP contribution in [-0.2, 0) is 27.3 Å². The van der Waals surface area contributed by atoms with Crippen LogP contribution in [-0.4, -0.2) is 66.7 Å². The summed E-state index contributed by atoms with van der Waals surface area (Å²) in [6.45, 7) is 7.59. The topological polar surface area (TPSA) is 127 Å². The molecular weight excluding hydrogens is 544 g/mol. The summed E-state index contributed by atoms with van der Waals surface area (Å²) in [4.78, 5) is 63.7. The molecule has 2 aliphatic heterocycles. The van der Waals surface area contributed by atoms with Gasteiger partial charge in [0.15, 0.2) is 11.6 Å². The number of rotatable bonds is 4. The second-order valence-electron chi connectivity index (χ2n) is 12.8. The molecule has 0 radical (unpaired) electrons. The second-order valence-corrected chi connectivity index (χ2v) is 12.8. The first-order valence-corrected chi connectivity index (χ1v) is 15.6. The minimum atomic E-state index is -0.509. The molecule has 2 aromatic heterocycles. The Morgan fingerprint density at radius 1 is 1.09 bits per heavy atom. The van der Waals surface area contributed by atoms with E-state index in [1.54, 1.807) is 22.0 Å². The summed E-state index contributed by atoms with van der Waals surface area (Å²) in [7, 11) is 0. The maximum atomic E-state index is 14.1. The van der Waals surface area contributed by atoms with Crippen LogP contribution in [0.25, 0.3) is 22.2 Å². The number of benzene rings is 1. The molecule has 2 amide bonds. The van der Waals surface area contributed by atoms with Crippen LogP contribution < -0.4 is 5.32 Å².